The van der Waals surface area contributed by atoms with Gasteiger partial charge in [-0.25, -0.2) is 0 Å². The fourth-order valence-electron chi connectivity index (χ4n) is 0.349. The van der Waals surface area contributed by atoms with Crippen LogP contribution in [-0.4, -0.2) is 40.6 Å². The van der Waals surface area contributed by atoms with E-state index in [4.69, 9.17) is 4.89 Å². The average molecular weight is 146 g/mol. The van der Waals surface area contributed by atoms with Crippen molar-refractivity contribution in [3.8, 4) is 0 Å². The zero-order valence-corrected chi connectivity index (χ0v) is 5.64. The molecular weight excluding hydrogens is 134 g/mol. The van der Waals surface area contributed by atoms with E-state index in [0.717, 1.165) is 0 Å². The van der Waals surface area contributed by atoms with Gasteiger partial charge in [0.2, 0.25) is 0 Å². The maximum absolute atomic E-state index is 9.99. The van der Waals surface area contributed by atoms with E-state index in [1.165, 1.54) is 0 Å². The van der Waals surface area contributed by atoms with Crippen LogP contribution in [0.25, 0.3) is 0 Å². The molecule has 0 bridgehead atoms. The third-order valence-electron chi connectivity index (χ3n) is 0.583. The minimum atomic E-state index is -2.18. The molecular formula is C4H12NaO2P. The van der Waals surface area contributed by atoms with Crippen molar-refractivity contribution >= 4 is 37.6 Å². The minimum absolute atomic E-state index is 0. The molecule has 0 radical (unpaired) electrons. The molecule has 0 amide bonds. The fourth-order valence-corrected chi connectivity index (χ4v) is 1.05. The van der Waals surface area contributed by atoms with Gasteiger partial charge in [-0.2, -0.15) is 0 Å². The molecule has 0 aliphatic heterocycles. The van der Waals surface area contributed by atoms with Crippen LogP contribution in [-0.2, 0) is 4.57 Å². The summed E-state index contributed by atoms with van der Waals surface area (Å²) in [6, 6.07) is 0. The molecule has 0 aliphatic carbocycles. The van der Waals surface area contributed by atoms with Crippen molar-refractivity contribution in [3.05, 3.63) is 0 Å². The van der Waals surface area contributed by atoms with Crippen molar-refractivity contribution in [1.29, 1.82) is 0 Å². The summed E-state index contributed by atoms with van der Waals surface area (Å²) in [5, 5.41) is 0. The molecule has 2 nitrogen and oxygen atoms in total. The van der Waals surface area contributed by atoms with Crippen LogP contribution in [0.1, 0.15) is 13.8 Å². The van der Waals surface area contributed by atoms with Gasteiger partial charge in [-0.3, -0.25) is 4.57 Å². The van der Waals surface area contributed by atoms with Gasteiger partial charge in [0.1, 0.15) is 0 Å². The second-order valence-electron chi connectivity index (χ2n) is 1.99. The van der Waals surface area contributed by atoms with Crippen LogP contribution in [0.5, 0.6) is 0 Å². The molecule has 0 rings (SSSR count). The number of hydrogen-bond donors (Lipinski definition) is 1. The Morgan fingerprint density at radius 2 is 2.00 bits per heavy atom. The zero-order chi connectivity index (χ0) is 5.86. The maximum atomic E-state index is 9.99. The normalized spacial score (nSPS) is 13.0. The van der Waals surface area contributed by atoms with Crippen molar-refractivity contribution in [2.24, 2.45) is 5.92 Å². The number of hydrogen-bond acceptors (Lipinski definition) is 1. The Kier molecular flexibility index (Phi) is 9.41. The topological polar surface area (TPSA) is 37.3 Å². The molecule has 46 valence electrons. The van der Waals surface area contributed by atoms with Gasteiger partial charge >= 0.3 is 29.6 Å². The Morgan fingerprint density at radius 3 is 2.00 bits per heavy atom. The van der Waals surface area contributed by atoms with E-state index in [-0.39, 0.29) is 29.6 Å². The average Bonchev–Trinajstić information content (AvgIpc) is 1.27. The quantitative estimate of drug-likeness (QED) is 0.454. The van der Waals surface area contributed by atoms with Crippen molar-refractivity contribution in [3.63, 3.8) is 0 Å². The molecule has 0 fully saturated rings. The monoisotopic (exact) mass is 146 g/mol. The molecule has 1 unspecified atom stereocenters. The zero-order valence-electron chi connectivity index (χ0n) is 4.64. The van der Waals surface area contributed by atoms with Gasteiger partial charge in [-0.1, -0.05) is 13.8 Å². The summed E-state index contributed by atoms with van der Waals surface area (Å²) in [6.07, 6.45) is 0.463. The predicted octanol–water partition coefficient (Wildman–Crippen LogP) is 0.461. The Hall–Kier alpha value is 1.19. The van der Waals surface area contributed by atoms with Gasteiger partial charge in [0, 0.05) is 6.16 Å². The first-order chi connectivity index (χ1) is 3.13. The molecule has 0 saturated heterocycles. The van der Waals surface area contributed by atoms with Crippen molar-refractivity contribution in [2.75, 3.05) is 6.16 Å². The van der Waals surface area contributed by atoms with Gasteiger partial charge in [-0.05, 0) is 5.92 Å². The molecule has 1 atom stereocenters. The SMILES string of the molecule is CC(C)C[PH](=O)O.[NaH]. The molecule has 0 aromatic heterocycles. The molecule has 0 aromatic rings. The summed E-state index contributed by atoms with van der Waals surface area (Å²) < 4.78 is 9.99. The molecule has 0 saturated carbocycles. The molecule has 1 N–H and O–H groups in total. The molecule has 0 aliphatic rings. The van der Waals surface area contributed by atoms with Gasteiger partial charge in [0.05, 0.1) is 0 Å². The van der Waals surface area contributed by atoms with Gasteiger partial charge < -0.3 is 4.89 Å². The van der Waals surface area contributed by atoms with Gasteiger partial charge in [-0.15, -0.1) is 0 Å². The van der Waals surface area contributed by atoms with Gasteiger partial charge in [0.15, 0.2) is 8.03 Å². The summed E-state index contributed by atoms with van der Waals surface area (Å²) >= 11 is 0. The van der Waals surface area contributed by atoms with E-state index in [1.54, 1.807) is 0 Å². The summed E-state index contributed by atoms with van der Waals surface area (Å²) in [4.78, 5) is 8.27. The van der Waals surface area contributed by atoms with Crippen LogP contribution in [0.2, 0.25) is 0 Å². The molecule has 0 heterocycles. The molecule has 0 spiro atoms. The predicted molar refractivity (Wildman–Crippen MR) is 38.1 cm³/mol. The Labute approximate surface area is 72.8 Å². The first kappa shape index (κ1) is 11.9. The second-order valence-corrected chi connectivity index (χ2v) is 3.19. The molecule has 4 heteroatoms. The fraction of sp³-hybridized carbons (Fsp3) is 1.00. The standard InChI is InChI=1S/C4H11O2P.Na.H/c1-4(2)3-7(5)6;;/h4,7H,3H2,1-2H3,(H,5,6);;. The Balaban J connectivity index is 0. The van der Waals surface area contributed by atoms with E-state index in [9.17, 15) is 4.57 Å². The van der Waals surface area contributed by atoms with Crippen LogP contribution in [0, 0.1) is 5.92 Å². The Bertz CT molecular complexity index is 74.4. The van der Waals surface area contributed by atoms with E-state index in [0.29, 0.717) is 12.1 Å². The first-order valence-electron chi connectivity index (χ1n) is 2.34. The first-order valence-corrected chi connectivity index (χ1v) is 3.91. The van der Waals surface area contributed by atoms with Crippen LogP contribution >= 0.6 is 8.03 Å². The van der Waals surface area contributed by atoms with Crippen molar-refractivity contribution in [2.45, 2.75) is 13.8 Å². The summed E-state index contributed by atoms with van der Waals surface area (Å²) in [5.74, 6) is 0.358. The van der Waals surface area contributed by atoms with Crippen LogP contribution in [0.4, 0.5) is 0 Å². The summed E-state index contributed by atoms with van der Waals surface area (Å²) in [6.45, 7) is 3.86. The van der Waals surface area contributed by atoms with E-state index >= 15 is 0 Å². The van der Waals surface area contributed by atoms with Crippen LogP contribution in [0.15, 0.2) is 0 Å². The summed E-state index contributed by atoms with van der Waals surface area (Å²) in [7, 11) is -2.18. The second kappa shape index (κ2) is 6.31. The van der Waals surface area contributed by atoms with Crippen molar-refractivity contribution in [1.82, 2.24) is 0 Å². The Morgan fingerprint density at radius 1 is 1.62 bits per heavy atom. The van der Waals surface area contributed by atoms with Gasteiger partial charge in [0.25, 0.3) is 0 Å². The third-order valence-corrected chi connectivity index (χ3v) is 1.75. The number of rotatable bonds is 2. The van der Waals surface area contributed by atoms with Crippen molar-refractivity contribution < 1.29 is 9.46 Å². The molecule has 0 aromatic carbocycles. The van der Waals surface area contributed by atoms with E-state index < -0.39 is 8.03 Å². The summed E-state index contributed by atoms with van der Waals surface area (Å²) in [5.41, 5.74) is 0. The van der Waals surface area contributed by atoms with Crippen LogP contribution < -0.4 is 0 Å². The van der Waals surface area contributed by atoms with E-state index in [2.05, 4.69) is 0 Å². The molecule has 8 heavy (non-hydrogen) atoms. The van der Waals surface area contributed by atoms with Crippen LogP contribution in [0.3, 0.4) is 0 Å². The third kappa shape index (κ3) is 10.2. The van der Waals surface area contributed by atoms with E-state index in [1.807, 2.05) is 13.8 Å².